The zero-order valence-corrected chi connectivity index (χ0v) is 45.5. The molecular weight excluding hydrogens is 1020 g/mol. The highest BCUT2D eigenvalue weighted by atomic mass is 16.8. The van der Waals surface area contributed by atoms with E-state index in [4.69, 9.17) is 42.6 Å². The number of hydrogen-bond acceptors (Lipinski definition) is 22. The van der Waals surface area contributed by atoms with Gasteiger partial charge in [-0.15, -0.1) is 0 Å². The minimum Gasteiger partial charge on any atom is -0.479 e. The summed E-state index contributed by atoms with van der Waals surface area (Å²) in [5, 5.41) is 143. The molecule has 13 N–H and O–H groups in total. The number of ether oxygens (including phenoxy) is 9. The highest BCUT2D eigenvalue weighted by Gasteiger charge is 2.80. The van der Waals surface area contributed by atoms with Crippen molar-refractivity contribution in [3.05, 3.63) is 0 Å². The van der Waals surface area contributed by atoms with Crippen LogP contribution in [0.3, 0.4) is 0 Å². The topological polar surface area (TPSA) is 363 Å². The first kappa shape index (κ1) is 58.8. The van der Waals surface area contributed by atoms with Crippen LogP contribution in [0.2, 0.25) is 0 Å². The third-order valence-corrected chi connectivity index (χ3v) is 22.5. The van der Waals surface area contributed by atoms with E-state index in [1.807, 2.05) is 0 Å². The molecule has 0 aromatic heterocycles. The largest absolute Gasteiger partial charge is 0.479 e. The number of rotatable bonds is 11. The second-order valence-corrected chi connectivity index (χ2v) is 27.1. The van der Waals surface area contributed by atoms with Crippen LogP contribution in [-0.2, 0) is 47.4 Å². The van der Waals surface area contributed by atoms with E-state index < -0.39 is 160 Å². The van der Waals surface area contributed by atoms with E-state index in [1.54, 1.807) is 0 Å². The number of hydrogen-bond donors (Lipinski definition) is 13. The fraction of sp³-hybridized carbons (Fsp3) is 0.981. The highest BCUT2D eigenvalue weighted by Crippen LogP contribution is 2.80. The number of aliphatic carboxylic acids is 1. The van der Waals surface area contributed by atoms with Gasteiger partial charge in [0.2, 0.25) is 0 Å². The Labute approximate surface area is 449 Å². The Kier molecular flexibility index (Phi) is 15.6. The second-order valence-electron chi connectivity index (χ2n) is 27.1. The molecule has 5 heterocycles. The van der Waals surface area contributed by atoms with Crippen molar-refractivity contribution in [2.45, 2.75) is 260 Å². The molecule has 5 saturated heterocycles. The summed E-state index contributed by atoms with van der Waals surface area (Å²) in [6, 6.07) is 0. The van der Waals surface area contributed by atoms with Crippen LogP contribution in [0, 0.1) is 50.2 Å². The van der Waals surface area contributed by atoms with Gasteiger partial charge in [-0.05, 0) is 111 Å². The van der Waals surface area contributed by atoms with Crippen LogP contribution in [0.4, 0.5) is 0 Å². The molecule has 442 valence electrons. The van der Waals surface area contributed by atoms with Crippen molar-refractivity contribution < 1.29 is 114 Å². The van der Waals surface area contributed by atoms with Gasteiger partial charge in [0, 0.05) is 10.8 Å². The molecule has 0 amide bonds. The summed E-state index contributed by atoms with van der Waals surface area (Å²) in [5.74, 6) is -1.19. The standard InChI is InChI=1S/C54H88O23/c1-22-30(58)33(61)36(64)44(70-22)76-41-35(63)32(60)24(20-56)72-46(41)74-39-38(66)40(43(67)68)75-47(42(39)77-45-37(65)34(62)31(59)23(19-55)71-45)73-29-11-12-50(6)25(49(29,4)5)9-13-51(7)26(50)10-14-54-27-17-48(2,3)15-16-53(27,21-69-54)28(57)18-52(51,54)8/h22-42,44-47,55-66H,9-21H2,1-8H3,(H,67,68)/t22-,23+,24+,25-,26+,27+,28+,29-,30-,31+,32+,33+,34-,35-,36+,37-,38-,39-,40-,41+,42+,44-,45?,46-,47+,50-,51+,52-,53+,54-/m0/s1. The summed E-state index contributed by atoms with van der Waals surface area (Å²) in [5.41, 5.74) is -1.95. The van der Waals surface area contributed by atoms with Crippen molar-refractivity contribution >= 4 is 5.97 Å². The Balaban J connectivity index is 0.969. The maximum absolute atomic E-state index is 13.2. The summed E-state index contributed by atoms with van der Waals surface area (Å²) in [7, 11) is 0. The molecule has 0 aromatic rings. The molecule has 23 nitrogen and oxygen atoms in total. The van der Waals surface area contributed by atoms with Crippen LogP contribution < -0.4 is 0 Å². The van der Waals surface area contributed by atoms with Crippen molar-refractivity contribution in [3.8, 4) is 0 Å². The number of carboxylic acid groups (broad SMARTS) is 1. The number of aliphatic hydroxyl groups excluding tert-OH is 12. The van der Waals surface area contributed by atoms with Crippen LogP contribution in [0.25, 0.3) is 0 Å². The summed E-state index contributed by atoms with van der Waals surface area (Å²) in [4.78, 5) is 13.2. The van der Waals surface area contributed by atoms with Gasteiger partial charge >= 0.3 is 5.97 Å². The third-order valence-electron chi connectivity index (χ3n) is 22.5. The van der Waals surface area contributed by atoms with E-state index in [9.17, 15) is 71.2 Å². The van der Waals surface area contributed by atoms with Crippen LogP contribution >= 0.6 is 0 Å². The first-order chi connectivity index (χ1) is 36.0. The first-order valence-corrected chi connectivity index (χ1v) is 28.1. The van der Waals surface area contributed by atoms with Gasteiger partial charge in [0.1, 0.15) is 85.5 Å². The highest BCUT2D eigenvalue weighted by molar-refractivity contribution is 5.73. The number of fused-ring (bicyclic) bond motifs is 4. The Morgan fingerprint density at radius 2 is 1.10 bits per heavy atom. The quantitative estimate of drug-likeness (QED) is 0.108. The molecule has 0 radical (unpaired) electrons. The average molecular weight is 1110 g/mol. The minimum atomic E-state index is -2.22. The molecule has 2 bridgehead atoms. The van der Waals surface area contributed by atoms with Gasteiger partial charge in [-0.25, -0.2) is 4.79 Å². The molecule has 5 aliphatic heterocycles. The Hall–Kier alpha value is -1.37. The van der Waals surface area contributed by atoms with Gasteiger partial charge in [0.25, 0.3) is 0 Å². The van der Waals surface area contributed by atoms with Crippen molar-refractivity contribution in [2.75, 3.05) is 19.8 Å². The zero-order chi connectivity index (χ0) is 56.1. The number of carbonyl (C=O) groups is 1. The normalized spacial score (nSPS) is 57.0. The maximum Gasteiger partial charge on any atom is 0.335 e. The third kappa shape index (κ3) is 8.87. The molecule has 10 aliphatic rings. The molecule has 5 saturated carbocycles. The maximum atomic E-state index is 13.2. The molecule has 0 aromatic carbocycles. The monoisotopic (exact) mass is 1100 g/mol. The lowest BCUT2D eigenvalue weighted by Gasteiger charge is -2.75. The van der Waals surface area contributed by atoms with E-state index in [2.05, 4.69) is 48.5 Å². The minimum absolute atomic E-state index is 0.0214. The zero-order valence-electron chi connectivity index (χ0n) is 45.5. The van der Waals surface area contributed by atoms with Gasteiger partial charge in [-0.1, -0.05) is 48.5 Å². The van der Waals surface area contributed by atoms with Crippen molar-refractivity contribution in [1.29, 1.82) is 0 Å². The Bertz CT molecular complexity index is 2140. The first-order valence-electron chi connectivity index (χ1n) is 28.1. The lowest BCUT2D eigenvalue weighted by atomic mass is 9.30. The van der Waals surface area contributed by atoms with Gasteiger partial charge in [0.15, 0.2) is 31.3 Å². The SMILES string of the molecule is C[C@@H]1O[C@@H](O[C@H]2[C@H](O[C@H]3[C@H](O)[C@@H](C(=O)O)O[C@@H](O[C@H]4CC[C@]5(C)[C@H]6CC[C@]78OC[C@@]9(CCC(C)(C)C[C@H]97)[C@H](O)C[C@@]8(C)[C@]6(C)CC[C@H]5C4(C)C)[C@@H]3OC3O[C@H](CO)[C@@H](O)[C@H](O)[C@@H]3O)O[C@H](CO)[C@@H](O)[C@@H]2O)[C@H](O)[C@H](O)[C@H]1O. The lowest BCUT2D eigenvalue weighted by Crippen LogP contribution is -2.74. The van der Waals surface area contributed by atoms with Crippen molar-refractivity contribution in [2.24, 2.45) is 50.2 Å². The van der Waals surface area contributed by atoms with E-state index >= 15 is 0 Å². The Morgan fingerprint density at radius 3 is 1.75 bits per heavy atom. The average Bonchev–Trinajstić information content (AvgIpc) is 3.94. The molecule has 1 unspecified atom stereocenters. The van der Waals surface area contributed by atoms with E-state index in [0.717, 1.165) is 44.9 Å². The van der Waals surface area contributed by atoms with Crippen LogP contribution in [0.5, 0.6) is 0 Å². The molecule has 77 heavy (non-hydrogen) atoms. The summed E-state index contributed by atoms with van der Waals surface area (Å²) >= 11 is 0. The lowest BCUT2D eigenvalue weighted by molar-refractivity contribution is -0.406. The predicted molar refractivity (Wildman–Crippen MR) is 261 cm³/mol. The molecule has 23 heteroatoms. The smallest absolute Gasteiger partial charge is 0.335 e. The molecule has 1 spiro atoms. The molecule has 10 fully saturated rings. The van der Waals surface area contributed by atoms with Crippen LogP contribution in [0.15, 0.2) is 0 Å². The summed E-state index contributed by atoms with van der Waals surface area (Å²) in [6.45, 7) is 16.3. The van der Waals surface area contributed by atoms with Crippen LogP contribution in [-0.4, -0.2) is 233 Å². The molecular formula is C54H88O23. The van der Waals surface area contributed by atoms with E-state index in [0.29, 0.717) is 25.9 Å². The Morgan fingerprint density at radius 1 is 0.532 bits per heavy atom. The predicted octanol–water partition coefficient (Wildman–Crippen LogP) is -1.23. The molecule has 30 atom stereocenters. The van der Waals surface area contributed by atoms with Crippen molar-refractivity contribution in [3.63, 3.8) is 0 Å². The number of aliphatic hydroxyl groups is 12. The molecule has 10 rings (SSSR count). The summed E-state index contributed by atoms with van der Waals surface area (Å²) in [6.07, 6.45) is -30.0. The van der Waals surface area contributed by atoms with Crippen molar-refractivity contribution in [1.82, 2.24) is 0 Å². The number of carboxylic acids is 1. The van der Waals surface area contributed by atoms with Gasteiger partial charge in [0.05, 0.1) is 43.7 Å². The molecule has 5 aliphatic carbocycles. The van der Waals surface area contributed by atoms with E-state index in [-0.39, 0.29) is 50.4 Å². The fourth-order valence-electron chi connectivity index (χ4n) is 17.9. The second kappa shape index (κ2) is 20.5. The van der Waals surface area contributed by atoms with Gasteiger partial charge in [-0.2, -0.15) is 0 Å². The van der Waals surface area contributed by atoms with Crippen LogP contribution in [0.1, 0.15) is 120 Å². The van der Waals surface area contributed by atoms with Gasteiger partial charge < -0.3 is 109 Å². The summed E-state index contributed by atoms with van der Waals surface area (Å²) < 4.78 is 56.4. The van der Waals surface area contributed by atoms with E-state index in [1.165, 1.54) is 6.92 Å². The fourth-order valence-corrected chi connectivity index (χ4v) is 17.9. The van der Waals surface area contributed by atoms with Gasteiger partial charge in [-0.3, -0.25) is 0 Å².